The van der Waals surface area contributed by atoms with Gasteiger partial charge in [0.05, 0.1) is 22.8 Å². The predicted molar refractivity (Wildman–Crippen MR) is 206 cm³/mol. The Kier molecular flexibility index (Phi) is 10.4. The molecule has 2 aromatic heterocycles. The third kappa shape index (κ3) is 7.55. The standard InChI is InChI=1S/C41H39ClN6O4/c1-6-26-20-35(32-18-25(3)41(52)48(5)36(32)21-26)47(4)30-12-13-31(33(42)22-30)28-17-24(2)38(44-23-28)40(51)43-16-8-10-27-9-7-11-29(19-27)45-34-14-15-37(49)46-39(34)50/h7,9,11-13,17-23,34,45H,6,14-16H2,1-5H3,(H,43,51)(H,46,49,50). The molecule has 264 valence electrons. The largest absolute Gasteiger partial charge is 0.374 e. The third-order valence-corrected chi connectivity index (χ3v) is 9.60. The van der Waals surface area contributed by atoms with E-state index in [0.29, 0.717) is 39.5 Å². The quantitative estimate of drug-likeness (QED) is 0.129. The van der Waals surface area contributed by atoms with E-state index in [1.165, 1.54) is 0 Å². The van der Waals surface area contributed by atoms with Crippen LogP contribution in [0.1, 0.15) is 52.5 Å². The highest BCUT2D eigenvalue weighted by molar-refractivity contribution is 6.33. The van der Waals surface area contributed by atoms with Crippen molar-refractivity contribution in [2.75, 3.05) is 23.8 Å². The molecule has 3 aromatic carbocycles. The number of hydrogen-bond acceptors (Lipinski definition) is 7. The molecule has 0 saturated carbocycles. The minimum Gasteiger partial charge on any atom is -0.374 e. The highest BCUT2D eigenvalue weighted by Gasteiger charge is 2.26. The van der Waals surface area contributed by atoms with Gasteiger partial charge in [0.1, 0.15) is 11.7 Å². The first-order valence-corrected chi connectivity index (χ1v) is 17.4. The van der Waals surface area contributed by atoms with E-state index in [9.17, 15) is 19.2 Å². The number of halogens is 1. The van der Waals surface area contributed by atoms with Gasteiger partial charge in [0.25, 0.3) is 11.5 Å². The molecule has 0 bridgehead atoms. The fraction of sp³-hybridized carbons (Fsp3) is 0.244. The maximum atomic E-state index is 13.0. The van der Waals surface area contributed by atoms with Crippen molar-refractivity contribution in [3.63, 3.8) is 0 Å². The Morgan fingerprint density at radius 2 is 1.87 bits per heavy atom. The molecule has 0 aliphatic carbocycles. The molecule has 10 nitrogen and oxygen atoms in total. The molecule has 0 radical (unpaired) electrons. The highest BCUT2D eigenvalue weighted by Crippen LogP contribution is 2.37. The number of amides is 3. The summed E-state index contributed by atoms with van der Waals surface area (Å²) in [5.41, 5.74) is 8.51. The van der Waals surface area contributed by atoms with Gasteiger partial charge in [-0.2, -0.15) is 0 Å². The van der Waals surface area contributed by atoms with Crippen molar-refractivity contribution in [1.29, 1.82) is 0 Å². The summed E-state index contributed by atoms with van der Waals surface area (Å²) >= 11 is 6.88. The minimum atomic E-state index is -0.488. The molecule has 1 fully saturated rings. The normalized spacial score (nSPS) is 14.0. The van der Waals surface area contributed by atoms with E-state index in [1.54, 1.807) is 17.8 Å². The number of nitrogens with one attached hydrogen (secondary N) is 3. The van der Waals surface area contributed by atoms with Gasteiger partial charge in [-0.15, -0.1) is 0 Å². The van der Waals surface area contributed by atoms with Crippen LogP contribution in [0.4, 0.5) is 17.1 Å². The number of anilines is 3. The van der Waals surface area contributed by atoms with Crippen molar-refractivity contribution in [2.24, 2.45) is 7.05 Å². The van der Waals surface area contributed by atoms with Gasteiger partial charge in [-0.1, -0.05) is 42.5 Å². The lowest BCUT2D eigenvalue weighted by molar-refractivity contribution is -0.133. The number of nitrogens with zero attached hydrogens (tertiary/aromatic N) is 3. The number of pyridine rings is 2. The lowest BCUT2D eigenvalue weighted by Crippen LogP contribution is -2.47. The summed E-state index contributed by atoms with van der Waals surface area (Å²) in [6.45, 7) is 5.87. The van der Waals surface area contributed by atoms with Crippen LogP contribution >= 0.6 is 11.6 Å². The smallest absolute Gasteiger partial charge is 0.270 e. The Morgan fingerprint density at radius 3 is 2.60 bits per heavy atom. The summed E-state index contributed by atoms with van der Waals surface area (Å²) in [7, 11) is 3.79. The molecule has 1 saturated heterocycles. The van der Waals surface area contributed by atoms with E-state index in [-0.39, 0.29) is 36.2 Å². The molecule has 52 heavy (non-hydrogen) atoms. The molecule has 0 spiro atoms. The third-order valence-electron chi connectivity index (χ3n) is 9.29. The molecule has 3 N–H and O–H groups in total. The topological polar surface area (TPSA) is 125 Å². The maximum Gasteiger partial charge on any atom is 0.270 e. The zero-order chi connectivity index (χ0) is 37.1. The number of carbonyl (C=O) groups is 3. The fourth-order valence-corrected chi connectivity index (χ4v) is 6.64. The summed E-state index contributed by atoms with van der Waals surface area (Å²) in [4.78, 5) is 55.8. The van der Waals surface area contributed by atoms with Gasteiger partial charge in [0.2, 0.25) is 11.8 Å². The van der Waals surface area contributed by atoms with Gasteiger partial charge in [0, 0.05) is 65.7 Å². The Hall–Kier alpha value is -5.92. The number of benzene rings is 3. The SMILES string of the molecule is CCc1cc(N(C)c2ccc(-c3cnc(C(=O)NCC#Cc4cccc(NC5CCC(=O)NC5=O)c4)c(C)c3)c(Cl)c2)c2cc(C)c(=O)n(C)c2c1. The van der Waals surface area contributed by atoms with E-state index in [2.05, 4.69) is 56.7 Å². The Bertz CT molecular complexity index is 2370. The molecular weight excluding hydrogens is 676 g/mol. The molecule has 11 heteroatoms. The predicted octanol–water partition coefficient (Wildman–Crippen LogP) is 6.20. The van der Waals surface area contributed by atoms with Crippen LogP contribution < -0.4 is 26.4 Å². The molecule has 1 aliphatic rings. The van der Waals surface area contributed by atoms with Crippen LogP contribution in [-0.4, -0.2) is 46.9 Å². The number of aryl methyl sites for hydroxylation is 4. The Morgan fingerprint density at radius 1 is 1.06 bits per heavy atom. The van der Waals surface area contributed by atoms with Gasteiger partial charge in [-0.25, -0.2) is 0 Å². The first-order chi connectivity index (χ1) is 24.9. The van der Waals surface area contributed by atoms with Crippen LogP contribution in [0.5, 0.6) is 0 Å². The van der Waals surface area contributed by atoms with Crippen molar-refractivity contribution in [3.8, 4) is 23.0 Å². The maximum absolute atomic E-state index is 13.0. The average Bonchev–Trinajstić information content (AvgIpc) is 3.13. The molecule has 3 heterocycles. The van der Waals surface area contributed by atoms with Gasteiger partial charge in [-0.3, -0.25) is 29.5 Å². The van der Waals surface area contributed by atoms with Crippen molar-refractivity contribution >= 4 is 57.3 Å². The van der Waals surface area contributed by atoms with Crippen molar-refractivity contribution in [1.82, 2.24) is 20.2 Å². The van der Waals surface area contributed by atoms with Crippen LogP contribution in [0, 0.1) is 25.7 Å². The zero-order valence-corrected chi connectivity index (χ0v) is 30.4. The fourth-order valence-electron chi connectivity index (χ4n) is 6.36. The van der Waals surface area contributed by atoms with Gasteiger partial charge in [-0.05, 0) is 92.4 Å². The van der Waals surface area contributed by atoms with E-state index < -0.39 is 6.04 Å². The van der Waals surface area contributed by atoms with E-state index in [1.807, 2.05) is 75.5 Å². The first kappa shape index (κ1) is 35.9. The second-order valence-corrected chi connectivity index (χ2v) is 13.3. The number of carbonyl (C=O) groups excluding carboxylic acids is 3. The van der Waals surface area contributed by atoms with Crippen LogP contribution in [0.3, 0.4) is 0 Å². The van der Waals surface area contributed by atoms with E-state index >= 15 is 0 Å². The molecule has 5 aromatic rings. The average molecular weight is 715 g/mol. The van der Waals surface area contributed by atoms with Crippen molar-refractivity contribution in [2.45, 2.75) is 46.1 Å². The summed E-state index contributed by atoms with van der Waals surface area (Å²) in [6.07, 6.45) is 3.18. The summed E-state index contributed by atoms with van der Waals surface area (Å²) in [5.74, 6) is 5.05. The zero-order valence-electron chi connectivity index (χ0n) is 29.7. The number of aromatic nitrogens is 2. The molecule has 1 unspecified atom stereocenters. The second kappa shape index (κ2) is 15.1. The monoisotopic (exact) mass is 714 g/mol. The lowest BCUT2D eigenvalue weighted by atomic mass is 10.0. The van der Waals surface area contributed by atoms with Crippen molar-refractivity contribution in [3.05, 3.63) is 116 Å². The van der Waals surface area contributed by atoms with E-state index in [4.69, 9.17) is 11.6 Å². The molecule has 1 atom stereocenters. The Balaban J connectivity index is 1.13. The van der Waals surface area contributed by atoms with Crippen LogP contribution in [0.15, 0.2) is 77.7 Å². The molecular formula is C41H39ClN6O4. The summed E-state index contributed by atoms with van der Waals surface area (Å²) in [6, 6.07) is 20.7. The second-order valence-electron chi connectivity index (χ2n) is 12.9. The van der Waals surface area contributed by atoms with E-state index in [0.717, 1.165) is 45.4 Å². The lowest BCUT2D eigenvalue weighted by Gasteiger charge is -2.24. The number of hydrogen-bond donors (Lipinski definition) is 3. The first-order valence-electron chi connectivity index (χ1n) is 17.0. The van der Waals surface area contributed by atoms with Crippen LogP contribution in [0.2, 0.25) is 5.02 Å². The van der Waals surface area contributed by atoms with Gasteiger partial charge in [0.15, 0.2) is 0 Å². The van der Waals surface area contributed by atoms with Crippen LogP contribution in [-0.2, 0) is 23.1 Å². The van der Waals surface area contributed by atoms with Crippen LogP contribution in [0.25, 0.3) is 22.0 Å². The number of piperidine rings is 1. The number of rotatable bonds is 8. The molecule has 3 amide bonds. The highest BCUT2D eigenvalue weighted by atomic mass is 35.5. The summed E-state index contributed by atoms with van der Waals surface area (Å²) in [5, 5.41) is 9.81. The number of imide groups is 1. The molecule has 1 aliphatic heterocycles. The number of fused-ring (bicyclic) bond motifs is 1. The molecule has 6 rings (SSSR count). The van der Waals surface area contributed by atoms with Gasteiger partial charge < -0.3 is 20.1 Å². The summed E-state index contributed by atoms with van der Waals surface area (Å²) < 4.78 is 1.70. The van der Waals surface area contributed by atoms with Crippen molar-refractivity contribution < 1.29 is 14.4 Å². The minimum absolute atomic E-state index is 0.0103. The van der Waals surface area contributed by atoms with Gasteiger partial charge >= 0.3 is 0 Å². The Labute approximate surface area is 307 Å².